The van der Waals surface area contributed by atoms with Gasteiger partial charge in [0.2, 0.25) is 5.91 Å². The van der Waals surface area contributed by atoms with Gasteiger partial charge in [-0.3, -0.25) is 9.48 Å². The molecule has 1 N–H and O–H groups in total. The smallest absolute Gasteiger partial charge is 0.228 e. The van der Waals surface area contributed by atoms with Gasteiger partial charge in [-0.25, -0.2) is 0 Å². The molecule has 0 aliphatic carbocycles. The number of aromatic nitrogens is 2. The van der Waals surface area contributed by atoms with Crippen LogP contribution in [0.25, 0.3) is 0 Å². The average molecular weight is 329 g/mol. The number of amides is 1. The highest BCUT2D eigenvalue weighted by atomic mass is 16.5. The Bertz CT molecular complexity index is 678. The summed E-state index contributed by atoms with van der Waals surface area (Å²) in [6, 6.07) is 7.51. The Morgan fingerprint density at radius 2 is 2.38 bits per heavy atom. The van der Waals surface area contributed by atoms with E-state index in [1.807, 2.05) is 35.1 Å². The van der Waals surface area contributed by atoms with Gasteiger partial charge < -0.3 is 14.8 Å². The van der Waals surface area contributed by atoms with Crippen LogP contribution in [0, 0.1) is 0 Å². The van der Waals surface area contributed by atoms with Crippen molar-refractivity contribution in [2.45, 2.75) is 38.3 Å². The van der Waals surface area contributed by atoms with Crippen LogP contribution in [0.5, 0.6) is 5.75 Å². The van der Waals surface area contributed by atoms with Crippen molar-refractivity contribution >= 4 is 11.6 Å². The maximum absolute atomic E-state index is 12.2. The van der Waals surface area contributed by atoms with Crippen LogP contribution in [0.4, 0.5) is 5.69 Å². The normalized spacial score (nSPS) is 17.5. The number of hydrogen-bond donors (Lipinski definition) is 1. The third kappa shape index (κ3) is 4.58. The molecule has 128 valence electrons. The zero-order valence-electron chi connectivity index (χ0n) is 13.9. The number of hydrogen-bond acceptors (Lipinski definition) is 4. The molecule has 1 fully saturated rings. The first-order valence-corrected chi connectivity index (χ1v) is 8.30. The van der Waals surface area contributed by atoms with Gasteiger partial charge in [0.25, 0.3) is 0 Å². The summed E-state index contributed by atoms with van der Waals surface area (Å²) in [7, 11) is 1.61. The molecule has 0 radical (unpaired) electrons. The SMILES string of the molecule is COc1cccc(CC(=O)Nc2cnn(CC3CCCCO3)c2)c1. The number of rotatable bonds is 6. The minimum Gasteiger partial charge on any atom is -0.497 e. The molecule has 1 aromatic carbocycles. The number of nitrogens with zero attached hydrogens (tertiary/aromatic N) is 2. The van der Waals surface area contributed by atoms with Crippen molar-refractivity contribution in [1.29, 1.82) is 0 Å². The Morgan fingerprint density at radius 3 is 3.17 bits per heavy atom. The van der Waals surface area contributed by atoms with Crippen molar-refractivity contribution in [3.63, 3.8) is 0 Å². The van der Waals surface area contributed by atoms with Crippen molar-refractivity contribution in [3.8, 4) is 5.75 Å². The third-order valence-electron chi connectivity index (χ3n) is 4.08. The summed E-state index contributed by atoms with van der Waals surface area (Å²) in [5.41, 5.74) is 1.62. The molecule has 1 aliphatic heterocycles. The highest BCUT2D eigenvalue weighted by Crippen LogP contribution is 2.16. The average Bonchev–Trinajstić information content (AvgIpc) is 3.02. The van der Waals surface area contributed by atoms with Crippen LogP contribution in [0.2, 0.25) is 0 Å². The Kier molecular flexibility index (Phi) is 5.48. The predicted octanol–water partition coefficient (Wildman–Crippen LogP) is 2.64. The van der Waals surface area contributed by atoms with Crippen molar-refractivity contribution in [2.24, 2.45) is 0 Å². The lowest BCUT2D eigenvalue weighted by molar-refractivity contribution is -0.115. The van der Waals surface area contributed by atoms with Crippen LogP contribution in [-0.2, 0) is 22.5 Å². The minimum atomic E-state index is -0.0725. The van der Waals surface area contributed by atoms with E-state index in [-0.39, 0.29) is 12.0 Å². The molecule has 6 heteroatoms. The molecular weight excluding hydrogens is 306 g/mol. The van der Waals surface area contributed by atoms with Crippen molar-refractivity contribution < 1.29 is 14.3 Å². The fraction of sp³-hybridized carbons (Fsp3) is 0.444. The van der Waals surface area contributed by atoms with E-state index in [0.29, 0.717) is 12.1 Å². The van der Waals surface area contributed by atoms with Crippen molar-refractivity contribution in [3.05, 3.63) is 42.2 Å². The van der Waals surface area contributed by atoms with E-state index in [1.165, 1.54) is 6.42 Å². The van der Waals surface area contributed by atoms with E-state index in [0.717, 1.165) is 37.3 Å². The van der Waals surface area contributed by atoms with E-state index in [9.17, 15) is 4.79 Å². The molecule has 0 bridgehead atoms. The number of benzene rings is 1. The molecule has 1 aliphatic rings. The number of carbonyl (C=O) groups is 1. The second kappa shape index (κ2) is 7.97. The van der Waals surface area contributed by atoms with Gasteiger partial charge in [-0.1, -0.05) is 12.1 Å². The highest BCUT2D eigenvalue weighted by molar-refractivity contribution is 5.92. The second-order valence-corrected chi connectivity index (χ2v) is 6.02. The summed E-state index contributed by atoms with van der Waals surface area (Å²) in [5, 5.41) is 7.18. The van der Waals surface area contributed by atoms with Crippen LogP contribution in [0.15, 0.2) is 36.7 Å². The molecule has 1 aromatic heterocycles. The van der Waals surface area contributed by atoms with Crippen LogP contribution < -0.4 is 10.1 Å². The summed E-state index contributed by atoms with van der Waals surface area (Å²) in [5.74, 6) is 0.678. The van der Waals surface area contributed by atoms with Crippen LogP contribution in [0.1, 0.15) is 24.8 Å². The number of nitrogens with one attached hydrogen (secondary N) is 1. The summed E-state index contributed by atoms with van der Waals surface area (Å²) < 4.78 is 12.7. The Balaban J connectivity index is 1.52. The maximum Gasteiger partial charge on any atom is 0.228 e. The van der Waals surface area contributed by atoms with E-state index < -0.39 is 0 Å². The first kappa shape index (κ1) is 16.5. The van der Waals surface area contributed by atoms with Gasteiger partial charge in [0, 0.05) is 12.8 Å². The molecule has 1 atom stereocenters. The quantitative estimate of drug-likeness (QED) is 0.885. The first-order chi connectivity index (χ1) is 11.7. The number of anilines is 1. The molecule has 1 unspecified atom stereocenters. The predicted molar refractivity (Wildman–Crippen MR) is 91.1 cm³/mol. The fourth-order valence-corrected chi connectivity index (χ4v) is 2.86. The monoisotopic (exact) mass is 329 g/mol. The summed E-state index contributed by atoms with van der Waals surface area (Å²) in [4.78, 5) is 12.2. The topological polar surface area (TPSA) is 65.4 Å². The van der Waals surface area contributed by atoms with Crippen LogP contribution in [0.3, 0.4) is 0 Å². The van der Waals surface area contributed by atoms with Gasteiger partial charge >= 0.3 is 0 Å². The molecule has 6 nitrogen and oxygen atoms in total. The molecule has 3 rings (SSSR count). The minimum absolute atomic E-state index is 0.0725. The van der Waals surface area contributed by atoms with Crippen molar-refractivity contribution in [1.82, 2.24) is 9.78 Å². The zero-order valence-corrected chi connectivity index (χ0v) is 13.9. The van der Waals surface area contributed by atoms with E-state index >= 15 is 0 Å². The van der Waals surface area contributed by atoms with E-state index in [1.54, 1.807) is 13.3 Å². The molecular formula is C18H23N3O3. The highest BCUT2D eigenvalue weighted by Gasteiger charge is 2.15. The lowest BCUT2D eigenvalue weighted by Gasteiger charge is -2.22. The van der Waals surface area contributed by atoms with E-state index in [2.05, 4.69) is 10.4 Å². The summed E-state index contributed by atoms with van der Waals surface area (Å²) in [6.07, 6.45) is 7.45. The van der Waals surface area contributed by atoms with Gasteiger partial charge in [-0.15, -0.1) is 0 Å². The molecule has 1 saturated heterocycles. The Labute approximate surface area is 141 Å². The molecule has 0 spiro atoms. The van der Waals surface area contributed by atoms with E-state index in [4.69, 9.17) is 9.47 Å². The summed E-state index contributed by atoms with van der Waals surface area (Å²) >= 11 is 0. The lowest BCUT2D eigenvalue weighted by Crippen LogP contribution is -2.24. The number of methoxy groups -OCH3 is 1. The van der Waals surface area contributed by atoms with Gasteiger partial charge in [0.05, 0.1) is 38.1 Å². The lowest BCUT2D eigenvalue weighted by atomic mass is 10.1. The van der Waals surface area contributed by atoms with Crippen LogP contribution in [-0.4, -0.2) is 35.5 Å². The standard InChI is InChI=1S/C18H23N3O3/c1-23-16-7-4-5-14(9-16)10-18(22)20-15-11-19-21(12-15)13-17-6-2-3-8-24-17/h4-5,7,9,11-12,17H,2-3,6,8,10,13H2,1H3,(H,20,22). The molecule has 24 heavy (non-hydrogen) atoms. The van der Waals surface area contributed by atoms with Gasteiger partial charge in [0.1, 0.15) is 5.75 Å². The first-order valence-electron chi connectivity index (χ1n) is 8.30. The van der Waals surface area contributed by atoms with Crippen molar-refractivity contribution in [2.75, 3.05) is 19.0 Å². The van der Waals surface area contributed by atoms with Crippen LogP contribution >= 0.6 is 0 Å². The molecule has 0 saturated carbocycles. The largest absolute Gasteiger partial charge is 0.497 e. The fourth-order valence-electron chi connectivity index (χ4n) is 2.86. The third-order valence-corrected chi connectivity index (χ3v) is 4.08. The van der Waals surface area contributed by atoms with Gasteiger partial charge in [0.15, 0.2) is 0 Å². The zero-order chi connectivity index (χ0) is 16.8. The number of carbonyl (C=O) groups excluding carboxylic acids is 1. The van der Waals surface area contributed by atoms with Gasteiger partial charge in [-0.05, 0) is 37.0 Å². The molecule has 2 aromatic rings. The summed E-state index contributed by atoms with van der Waals surface area (Å²) in [6.45, 7) is 1.56. The Hall–Kier alpha value is -2.34. The molecule has 2 heterocycles. The maximum atomic E-state index is 12.2. The number of ether oxygens (including phenoxy) is 2. The molecule has 1 amide bonds. The Morgan fingerprint density at radius 1 is 1.46 bits per heavy atom. The van der Waals surface area contributed by atoms with Gasteiger partial charge in [-0.2, -0.15) is 5.10 Å². The second-order valence-electron chi connectivity index (χ2n) is 6.02.